The first-order valence-electron chi connectivity index (χ1n) is 5.72. The molecule has 3 nitrogen and oxygen atoms in total. The van der Waals surface area contributed by atoms with Crippen molar-refractivity contribution < 1.29 is 13.6 Å². The Morgan fingerprint density at radius 1 is 1.16 bits per heavy atom. The molecule has 1 aromatic carbocycles. The number of ketones is 1. The van der Waals surface area contributed by atoms with Crippen LogP contribution in [0, 0.1) is 11.6 Å². The molecular formula is C14H12F2N2O. The fourth-order valence-corrected chi connectivity index (χ4v) is 1.70. The van der Waals surface area contributed by atoms with Crippen molar-refractivity contribution >= 4 is 5.78 Å². The van der Waals surface area contributed by atoms with Gasteiger partial charge in [-0.05, 0) is 29.8 Å². The minimum Gasteiger partial charge on any atom is -0.325 e. The molecule has 19 heavy (non-hydrogen) atoms. The second-order valence-corrected chi connectivity index (χ2v) is 4.09. The number of aromatic nitrogens is 1. The molecule has 2 aromatic rings. The van der Waals surface area contributed by atoms with E-state index in [4.69, 9.17) is 5.73 Å². The predicted molar refractivity (Wildman–Crippen MR) is 66.5 cm³/mol. The summed E-state index contributed by atoms with van der Waals surface area (Å²) in [6, 6.07) is 6.60. The van der Waals surface area contributed by atoms with Gasteiger partial charge in [0.05, 0.1) is 5.69 Å². The van der Waals surface area contributed by atoms with Crippen LogP contribution in [0.2, 0.25) is 0 Å². The molecule has 0 bridgehead atoms. The number of Topliss-reactive ketones (excluding diaryl/α,β-unsaturated/α-hetero) is 1. The number of pyridine rings is 1. The zero-order chi connectivity index (χ0) is 13.8. The molecule has 2 N–H and O–H groups in total. The summed E-state index contributed by atoms with van der Waals surface area (Å²) >= 11 is 0. The zero-order valence-corrected chi connectivity index (χ0v) is 10.1. The summed E-state index contributed by atoms with van der Waals surface area (Å²) in [5.41, 5.74) is 6.93. The van der Waals surface area contributed by atoms with Crippen LogP contribution in [0.25, 0.3) is 0 Å². The Balaban J connectivity index is 2.18. The minimum atomic E-state index is -0.956. The second kappa shape index (κ2) is 5.67. The van der Waals surface area contributed by atoms with E-state index in [0.717, 1.165) is 12.1 Å². The third-order valence-electron chi connectivity index (χ3n) is 2.70. The van der Waals surface area contributed by atoms with Gasteiger partial charge in [-0.25, -0.2) is 8.78 Å². The first-order chi connectivity index (χ1) is 9.10. The molecule has 0 saturated carbocycles. The first kappa shape index (κ1) is 13.3. The topological polar surface area (TPSA) is 56.0 Å². The Morgan fingerprint density at radius 2 is 1.95 bits per heavy atom. The smallest absolute Gasteiger partial charge is 0.167 e. The van der Waals surface area contributed by atoms with Crippen molar-refractivity contribution in [3.8, 4) is 0 Å². The highest BCUT2D eigenvalue weighted by Crippen LogP contribution is 2.12. The van der Waals surface area contributed by atoms with Crippen LogP contribution >= 0.6 is 0 Å². The lowest BCUT2D eigenvalue weighted by Gasteiger charge is -2.04. The summed E-state index contributed by atoms with van der Waals surface area (Å²) in [5, 5.41) is 0. The number of hydrogen-bond acceptors (Lipinski definition) is 3. The monoisotopic (exact) mass is 262 g/mol. The maximum atomic E-state index is 13.0. The van der Waals surface area contributed by atoms with Crippen LogP contribution in [0.5, 0.6) is 0 Å². The molecule has 5 heteroatoms. The van der Waals surface area contributed by atoms with Crippen molar-refractivity contribution in [1.82, 2.24) is 4.98 Å². The Bertz CT molecular complexity index is 614. The lowest BCUT2D eigenvalue weighted by molar-refractivity contribution is 0.0992. The zero-order valence-electron chi connectivity index (χ0n) is 10.1. The molecule has 0 spiro atoms. The van der Waals surface area contributed by atoms with Gasteiger partial charge in [-0.2, -0.15) is 0 Å². The van der Waals surface area contributed by atoms with E-state index < -0.39 is 11.6 Å². The molecular weight excluding hydrogens is 250 g/mol. The molecule has 0 atom stereocenters. The fourth-order valence-electron chi connectivity index (χ4n) is 1.70. The maximum Gasteiger partial charge on any atom is 0.167 e. The van der Waals surface area contributed by atoms with E-state index in [1.54, 1.807) is 12.1 Å². The Hall–Kier alpha value is -2.14. The highest BCUT2D eigenvalue weighted by atomic mass is 19.2. The van der Waals surface area contributed by atoms with Crippen LogP contribution in [-0.4, -0.2) is 10.8 Å². The average molecular weight is 262 g/mol. The Kier molecular flexibility index (Phi) is 3.97. The maximum absolute atomic E-state index is 13.0. The lowest BCUT2D eigenvalue weighted by atomic mass is 10.0. The van der Waals surface area contributed by atoms with Gasteiger partial charge in [-0.3, -0.25) is 9.78 Å². The quantitative estimate of drug-likeness (QED) is 0.860. The van der Waals surface area contributed by atoms with Crippen LogP contribution in [0.3, 0.4) is 0 Å². The van der Waals surface area contributed by atoms with Crippen molar-refractivity contribution in [1.29, 1.82) is 0 Å². The Morgan fingerprint density at radius 3 is 2.63 bits per heavy atom. The van der Waals surface area contributed by atoms with Crippen molar-refractivity contribution in [3.63, 3.8) is 0 Å². The van der Waals surface area contributed by atoms with Crippen LogP contribution < -0.4 is 5.73 Å². The van der Waals surface area contributed by atoms with E-state index in [9.17, 15) is 13.6 Å². The van der Waals surface area contributed by atoms with Gasteiger partial charge < -0.3 is 5.73 Å². The molecule has 0 aliphatic rings. The SMILES string of the molecule is NCc1cc(C(=O)Cc2ccc(F)c(F)c2)ccn1. The molecule has 0 unspecified atom stereocenters. The van der Waals surface area contributed by atoms with Crippen molar-refractivity contribution in [2.24, 2.45) is 5.73 Å². The van der Waals surface area contributed by atoms with E-state index in [2.05, 4.69) is 4.98 Å². The number of carbonyl (C=O) groups is 1. The van der Waals surface area contributed by atoms with E-state index >= 15 is 0 Å². The van der Waals surface area contributed by atoms with Gasteiger partial charge in [0.15, 0.2) is 17.4 Å². The van der Waals surface area contributed by atoms with Gasteiger partial charge in [-0.1, -0.05) is 6.07 Å². The van der Waals surface area contributed by atoms with Gasteiger partial charge >= 0.3 is 0 Å². The number of carbonyl (C=O) groups excluding carboxylic acids is 1. The van der Waals surface area contributed by atoms with Crippen LogP contribution in [0.15, 0.2) is 36.5 Å². The molecule has 1 heterocycles. The van der Waals surface area contributed by atoms with Crippen LogP contribution in [0.1, 0.15) is 21.6 Å². The normalized spacial score (nSPS) is 10.5. The predicted octanol–water partition coefficient (Wildman–Crippen LogP) is 2.24. The third-order valence-corrected chi connectivity index (χ3v) is 2.70. The summed E-state index contributed by atoms with van der Waals surface area (Å²) < 4.78 is 25.8. The van der Waals surface area contributed by atoms with Crippen molar-refractivity contribution in [2.75, 3.05) is 0 Å². The van der Waals surface area contributed by atoms with E-state index in [1.807, 2.05) is 0 Å². The van der Waals surface area contributed by atoms with Crippen LogP contribution in [0.4, 0.5) is 8.78 Å². The van der Waals surface area contributed by atoms with Crippen LogP contribution in [-0.2, 0) is 13.0 Å². The number of halogens is 2. The van der Waals surface area contributed by atoms with E-state index in [-0.39, 0.29) is 18.7 Å². The minimum absolute atomic E-state index is 0.00518. The number of nitrogens with two attached hydrogens (primary N) is 1. The number of benzene rings is 1. The summed E-state index contributed by atoms with van der Waals surface area (Å²) in [4.78, 5) is 16.0. The Labute approximate surface area is 109 Å². The summed E-state index contributed by atoms with van der Waals surface area (Å²) in [6.07, 6.45) is 1.51. The first-order valence-corrected chi connectivity index (χ1v) is 5.72. The van der Waals surface area contributed by atoms with E-state index in [1.165, 1.54) is 12.3 Å². The van der Waals surface area contributed by atoms with Gasteiger partial charge in [0, 0.05) is 24.7 Å². The third kappa shape index (κ3) is 3.20. The number of nitrogens with zero attached hydrogens (tertiary/aromatic N) is 1. The molecule has 0 amide bonds. The molecule has 0 radical (unpaired) electrons. The second-order valence-electron chi connectivity index (χ2n) is 4.09. The van der Waals surface area contributed by atoms with Gasteiger partial charge in [0.25, 0.3) is 0 Å². The van der Waals surface area contributed by atoms with Crippen molar-refractivity contribution in [3.05, 3.63) is 65.0 Å². The standard InChI is InChI=1S/C14H12F2N2O/c15-12-2-1-9(5-13(12)16)6-14(19)10-3-4-18-11(7-10)8-17/h1-5,7H,6,8,17H2. The molecule has 0 fully saturated rings. The molecule has 0 aliphatic carbocycles. The molecule has 1 aromatic heterocycles. The van der Waals surface area contributed by atoms with Gasteiger partial charge in [-0.15, -0.1) is 0 Å². The summed E-state index contributed by atoms with van der Waals surface area (Å²) in [7, 11) is 0. The number of hydrogen-bond donors (Lipinski definition) is 1. The number of rotatable bonds is 4. The summed E-state index contributed by atoms with van der Waals surface area (Å²) in [5.74, 6) is -2.07. The van der Waals surface area contributed by atoms with E-state index in [0.29, 0.717) is 16.8 Å². The lowest BCUT2D eigenvalue weighted by Crippen LogP contribution is -2.07. The molecule has 98 valence electrons. The molecule has 0 saturated heterocycles. The fraction of sp³-hybridized carbons (Fsp3) is 0.143. The summed E-state index contributed by atoms with van der Waals surface area (Å²) in [6.45, 7) is 0.242. The molecule has 2 rings (SSSR count). The van der Waals surface area contributed by atoms with Crippen molar-refractivity contribution in [2.45, 2.75) is 13.0 Å². The highest BCUT2D eigenvalue weighted by Gasteiger charge is 2.10. The average Bonchev–Trinajstić information content (AvgIpc) is 2.43. The van der Waals surface area contributed by atoms with Gasteiger partial charge in [0.2, 0.25) is 0 Å². The largest absolute Gasteiger partial charge is 0.325 e. The van der Waals surface area contributed by atoms with Gasteiger partial charge in [0.1, 0.15) is 0 Å². The molecule has 0 aliphatic heterocycles. The highest BCUT2D eigenvalue weighted by molar-refractivity contribution is 5.97.